The Labute approximate surface area is 81.7 Å². The van der Waals surface area contributed by atoms with Crippen molar-refractivity contribution in [3.8, 4) is 11.5 Å². The molecule has 0 saturated carbocycles. The number of aromatic hydroxyl groups is 2. The zero-order chi connectivity index (χ0) is 9.97. The van der Waals surface area contributed by atoms with Gasteiger partial charge < -0.3 is 15.2 Å². The zero-order valence-corrected chi connectivity index (χ0v) is 7.57. The third-order valence-corrected chi connectivity index (χ3v) is 2.14. The van der Waals surface area contributed by atoms with Gasteiger partial charge in [-0.15, -0.1) is 0 Å². The van der Waals surface area contributed by atoms with Gasteiger partial charge in [0.25, 0.3) is 0 Å². The van der Waals surface area contributed by atoms with Crippen LogP contribution < -0.4 is 0 Å². The van der Waals surface area contributed by atoms with Gasteiger partial charge in [-0.3, -0.25) is 0 Å². The van der Waals surface area contributed by atoms with Crippen molar-refractivity contribution in [3.63, 3.8) is 0 Å². The average molecular weight is 189 g/mol. The molecule has 0 saturated heterocycles. The Kier molecular flexibility index (Phi) is 2.14. The molecule has 72 valence electrons. The lowest BCUT2D eigenvalue weighted by molar-refractivity contribution is 0.471. The lowest BCUT2D eigenvalue weighted by atomic mass is 10.1. The molecule has 0 aliphatic carbocycles. The molecule has 3 heteroatoms. The first-order valence-corrected chi connectivity index (χ1v) is 4.38. The molecule has 0 bridgehead atoms. The average Bonchev–Trinajstić information content (AvgIpc) is 2.56. The van der Waals surface area contributed by atoms with Crippen LogP contribution in [0, 0.1) is 0 Å². The molecule has 1 aromatic heterocycles. The summed E-state index contributed by atoms with van der Waals surface area (Å²) in [6, 6.07) is 6.95. The Morgan fingerprint density at radius 2 is 1.71 bits per heavy atom. The number of phenolic OH excluding ortho intramolecular Hbond substituents is 1. The maximum absolute atomic E-state index is 9.39. The predicted octanol–water partition coefficient (Wildman–Crippen LogP) is 2.02. The van der Waals surface area contributed by atoms with Crippen LogP contribution in [-0.4, -0.2) is 15.2 Å². The molecule has 0 spiro atoms. The molecule has 0 fully saturated rings. The van der Waals surface area contributed by atoms with E-state index < -0.39 is 0 Å². The molecule has 1 heterocycles. The van der Waals surface area contributed by atoms with Gasteiger partial charge in [0.15, 0.2) is 0 Å². The number of aromatic amines is 1. The highest BCUT2D eigenvalue weighted by molar-refractivity contribution is 5.35. The molecule has 14 heavy (non-hydrogen) atoms. The number of H-pyrrole nitrogens is 1. The molecule has 3 N–H and O–H groups in total. The Morgan fingerprint density at radius 3 is 2.29 bits per heavy atom. The molecular formula is C11H11NO2. The number of hydrogen-bond acceptors (Lipinski definition) is 2. The van der Waals surface area contributed by atoms with Gasteiger partial charge in [-0.05, 0) is 17.7 Å². The number of aromatic nitrogens is 1. The van der Waals surface area contributed by atoms with E-state index in [0.717, 1.165) is 11.1 Å². The monoisotopic (exact) mass is 189 g/mol. The van der Waals surface area contributed by atoms with Crippen molar-refractivity contribution in [2.24, 2.45) is 0 Å². The molecule has 0 unspecified atom stereocenters. The minimum Gasteiger partial charge on any atom is -0.508 e. The number of hydrogen-bond donors (Lipinski definition) is 3. The standard InChI is InChI=1S/C11H11NO2/c13-10-3-1-8(2-4-10)5-9-6-12-7-11(9)14/h1-4,6-7,12-14H,5H2. The molecule has 2 aromatic rings. The van der Waals surface area contributed by atoms with Crippen LogP contribution in [0.1, 0.15) is 11.1 Å². The van der Waals surface area contributed by atoms with Crippen molar-refractivity contribution in [1.82, 2.24) is 4.98 Å². The van der Waals surface area contributed by atoms with E-state index in [9.17, 15) is 5.11 Å². The fourth-order valence-corrected chi connectivity index (χ4v) is 1.36. The summed E-state index contributed by atoms with van der Waals surface area (Å²) in [5.74, 6) is 0.533. The molecule has 0 amide bonds. The van der Waals surface area contributed by atoms with Gasteiger partial charge in [0.2, 0.25) is 0 Å². The van der Waals surface area contributed by atoms with E-state index in [1.54, 1.807) is 24.5 Å². The predicted molar refractivity (Wildman–Crippen MR) is 53.4 cm³/mol. The highest BCUT2D eigenvalue weighted by Crippen LogP contribution is 2.20. The summed E-state index contributed by atoms with van der Waals surface area (Å²) in [6.45, 7) is 0. The van der Waals surface area contributed by atoms with E-state index in [1.807, 2.05) is 12.1 Å². The number of phenols is 1. The van der Waals surface area contributed by atoms with E-state index in [-0.39, 0.29) is 11.5 Å². The van der Waals surface area contributed by atoms with Crippen LogP contribution in [0.2, 0.25) is 0 Å². The fourth-order valence-electron chi connectivity index (χ4n) is 1.36. The van der Waals surface area contributed by atoms with Crippen LogP contribution in [0.25, 0.3) is 0 Å². The highest BCUT2D eigenvalue weighted by Gasteiger charge is 2.02. The Morgan fingerprint density at radius 1 is 1.00 bits per heavy atom. The van der Waals surface area contributed by atoms with Gasteiger partial charge in [0.05, 0.1) is 0 Å². The van der Waals surface area contributed by atoms with Gasteiger partial charge in [-0.25, -0.2) is 0 Å². The second-order valence-corrected chi connectivity index (χ2v) is 3.21. The number of benzene rings is 1. The van der Waals surface area contributed by atoms with Crippen LogP contribution in [0.5, 0.6) is 11.5 Å². The molecule has 2 rings (SSSR count). The van der Waals surface area contributed by atoms with E-state index in [1.165, 1.54) is 0 Å². The quantitative estimate of drug-likeness (QED) is 0.676. The third kappa shape index (κ3) is 1.71. The van der Waals surface area contributed by atoms with Crippen molar-refractivity contribution in [2.45, 2.75) is 6.42 Å². The van der Waals surface area contributed by atoms with E-state index in [4.69, 9.17) is 5.11 Å². The van der Waals surface area contributed by atoms with Crippen molar-refractivity contribution in [2.75, 3.05) is 0 Å². The van der Waals surface area contributed by atoms with Crippen LogP contribution in [0.3, 0.4) is 0 Å². The minimum atomic E-state index is 0.257. The first-order chi connectivity index (χ1) is 6.75. The minimum absolute atomic E-state index is 0.257. The van der Waals surface area contributed by atoms with Crippen molar-refractivity contribution in [3.05, 3.63) is 47.8 Å². The Hall–Kier alpha value is -1.90. The molecule has 0 aliphatic rings. The molecule has 1 aromatic carbocycles. The van der Waals surface area contributed by atoms with Gasteiger partial charge in [-0.2, -0.15) is 0 Å². The normalized spacial score (nSPS) is 10.3. The van der Waals surface area contributed by atoms with Gasteiger partial charge in [-0.1, -0.05) is 12.1 Å². The molecule has 0 atom stereocenters. The van der Waals surface area contributed by atoms with E-state index >= 15 is 0 Å². The maximum atomic E-state index is 9.39. The first-order valence-electron chi connectivity index (χ1n) is 4.38. The molecule has 0 radical (unpaired) electrons. The zero-order valence-electron chi connectivity index (χ0n) is 7.57. The van der Waals surface area contributed by atoms with Crippen LogP contribution >= 0.6 is 0 Å². The summed E-state index contributed by atoms with van der Waals surface area (Å²) in [6.07, 6.45) is 3.98. The molecular weight excluding hydrogens is 178 g/mol. The summed E-state index contributed by atoms with van der Waals surface area (Å²) >= 11 is 0. The van der Waals surface area contributed by atoms with E-state index in [0.29, 0.717) is 6.42 Å². The number of rotatable bonds is 2. The van der Waals surface area contributed by atoms with Crippen molar-refractivity contribution in [1.29, 1.82) is 0 Å². The Bertz CT molecular complexity index is 417. The first kappa shape index (κ1) is 8.69. The third-order valence-electron chi connectivity index (χ3n) is 2.14. The molecule has 0 aliphatic heterocycles. The van der Waals surface area contributed by atoms with Crippen LogP contribution in [0.4, 0.5) is 0 Å². The second-order valence-electron chi connectivity index (χ2n) is 3.21. The van der Waals surface area contributed by atoms with Crippen LogP contribution in [0.15, 0.2) is 36.7 Å². The van der Waals surface area contributed by atoms with Crippen LogP contribution in [-0.2, 0) is 6.42 Å². The van der Waals surface area contributed by atoms with Crippen molar-refractivity contribution >= 4 is 0 Å². The fraction of sp³-hybridized carbons (Fsp3) is 0.0909. The van der Waals surface area contributed by atoms with Gasteiger partial charge in [0, 0.05) is 24.4 Å². The van der Waals surface area contributed by atoms with Gasteiger partial charge in [0.1, 0.15) is 11.5 Å². The van der Waals surface area contributed by atoms with Crippen molar-refractivity contribution < 1.29 is 10.2 Å². The lowest BCUT2D eigenvalue weighted by Crippen LogP contribution is -1.85. The summed E-state index contributed by atoms with van der Waals surface area (Å²) < 4.78 is 0. The maximum Gasteiger partial charge on any atom is 0.136 e. The summed E-state index contributed by atoms with van der Waals surface area (Å²) in [4.78, 5) is 2.83. The summed E-state index contributed by atoms with van der Waals surface area (Å²) in [5, 5.41) is 18.5. The summed E-state index contributed by atoms with van der Waals surface area (Å²) in [7, 11) is 0. The smallest absolute Gasteiger partial charge is 0.136 e. The Balaban J connectivity index is 2.19. The topological polar surface area (TPSA) is 56.2 Å². The van der Waals surface area contributed by atoms with E-state index in [2.05, 4.69) is 4.98 Å². The lowest BCUT2D eigenvalue weighted by Gasteiger charge is -1.99. The largest absolute Gasteiger partial charge is 0.508 e. The van der Waals surface area contributed by atoms with Gasteiger partial charge >= 0.3 is 0 Å². The SMILES string of the molecule is Oc1ccc(Cc2c[nH]cc2O)cc1. The highest BCUT2D eigenvalue weighted by atomic mass is 16.3. The molecule has 3 nitrogen and oxygen atoms in total. The second kappa shape index (κ2) is 3.46. The summed E-state index contributed by atoms with van der Waals surface area (Å²) in [5.41, 5.74) is 1.91. The number of nitrogens with one attached hydrogen (secondary N) is 1.